The quantitative estimate of drug-likeness (QED) is 0.885. The molecule has 0 bridgehead atoms. The lowest BCUT2D eigenvalue weighted by Gasteiger charge is -2.35. The highest BCUT2D eigenvalue weighted by molar-refractivity contribution is 5.83. The van der Waals surface area contributed by atoms with Gasteiger partial charge in [0, 0.05) is 18.4 Å². The molecular formula is C12H12F2O3. The molecule has 1 unspecified atom stereocenters. The number of benzene rings is 1. The van der Waals surface area contributed by atoms with Crippen LogP contribution in [0.25, 0.3) is 0 Å². The Balaban J connectivity index is 2.51. The van der Waals surface area contributed by atoms with Crippen molar-refractivity contribution < 1.29 is 23.4 Å². The van der Waals surface area contributed by atoms with Crippen molar-refractivity contribution in [3.05, 3.63) is 29.8 Å². The van der Waals surface area contributed by atoms with Gasteiger partial charge < -0.3 is 9.84 Å². The molecule has 0 aliphatic carbocycles. The van der Waals surface area contributed by atoms with E-state index in [2.05, 4.69) is 0 Å². The first-order chi connectivity index (χ1) is 8.06. The summed E-state index contributed by atoms with van der Waals surface area (Å²) >= 11 is 0. The second-order valence-corrected chi connectivity index (χ2v) is 4.08. The molecule has 1 N–H and O–H groups in total. The van der Waals surface area contributed by atoms with Gasteiger partial charge in [-0.25, -0.2) is 8.78 Å². The van der Waals surface area contributed by atoms with E-state index < -0.39 is 24.2 Å². The summed E-state index contributed by atoms with van der Waals surface area (Å²) in [5.74, 6) is -0.824. The number of aliphatic carboxylic acids is 1. The van der Waals surface area contributed by atoms with Gasteiger partial charge in [0.15, 0.2) is 0 Å². The van der Waals surface area contributed by atoms with Crippen molar-refractivity contribution in [3.63, 3.8) is 0 Å². The Kier molecular flexibility index (Phi) is 3.00. The van der Waals surface area contributed by atoms with E-state index in [0.29, 0.717) is 11.3 Å². The van der Waals surface area contributed by atoms with E-state index in [1.54, 1.807) is 24.3 Å². The number of para-hydroxylation sites is 1. The Morgan fingerprint density at radius 2 is 2.18 bits per heavy atom. The van der Waals surface area contributed by atoms with Crippen LogP contribution >= 0.6 is 0 Å². The molecule has 1 aliphatic rings. The second-order valence-electron chi connectivity index (χ2n) is 4.08. The third-order valence-electron chi connectivity index (χ3n) is 3.10. The minimum absolute atomic E-state index is 0.0731. The third-order valence-corrected chi connectivity index (χ3v) is 3.10. The van der Waals surface area contributed by atoms with Gasteiger partial charge >= 0.3 is 5.97 Å². The molecule has 0 aromatic heterocycles. The van der Waals surface area contributed by atoms with Crippen molar-refractivity contribution in [3.8, 4) is 5.75 Å². The first-order valence-corrected chi connectivity index (χ1v) is 5.30. The van der Waals surface area contributed by atoms with Gasteiger partial charge in [0.2, 0.25) is 6.43 Å². The molecule has 0 saturated heterocycles. The first kappa shape index (κ1) is 11.8. The van der Waals surface area contributed by atoms with Crippen molar-refractivity contribution in [1.29, 1.82) is 0 Å². The summed E-state index contributed by atoms with van der Waals surface area (Å²) in [6.45, 7) is 0.149. The van der Waals surface area contributed by atoms with Gasteiger partial charge in [-0.15, -0.1) is 0 Å². The van der Waals surface area contributed by atoms with Gasteiger partial charge in [-0.3, -0.25) is 4.79 Å². The largest absolute Gasteiger partial charge is 0.493 e. The molecular weight excluding hydrogens is 230 g/mol. The van der Waals surface area contributed by atoms with Crippen LogP contribution in [-0.2, 0) is 10.2 Å². The minimum Gasteiger partial charge on any atom is -0.493 e. The van der Waals surface area contributed by atoms with Crippen LogP contribution in [0, 0.1) is 0 Å². The highest BCUT2D eigenvalue weighted by Gasteiger charge is 2.46. The molecule has 1 aromatic carbocycles. The standard InChI is InChI=1S/C12H12F2O3/c13-10(14)7-12(11(15)16)5-6-17-9-4-2-1-3-8(9)12/h1-4,10H,5-7H2,(H,15,16). The number of hydrogen-bond acceptors (Lipinski definition) is 2. The lowest BCUT2D eigenvalue weighted by molar-refractivity contribution is -0.147. The van der Waals surface area contributed by atoms with Crippen LogP contribution in [0.5, 0.6) is 5.75 Å². The number of hydrogen-bond donors (Lipinski definition) is 1. The Labute approximate surface area is 97.0 Å². The summed E-state index contributed by atoms with van der Waals surface area (Å²) in [5.41, 5.74) is -1.18. The van der Waals surface area contributed by atoms with Crippen LogP contribution in [0.15, 0.2) is 24.3 Å². The van der Waals surface area contributed by atoms with Crippen molar-refractivity contribution in [2.45, 2.75) is 24.7 Å². The maximum absolute atomic E-state index is 12.6. The zero-order chi connectivity index (χ0) is 12.5. The van der Waals surface area contributed by atoms with Crippen molar-refractivity contribution in [1.82, 2.24) is 0 Å². The van der Waals surface area contributed by atoms with Gasteiger partial charge in [0.05, 0.1) is 6.61 Å². The van der Waals surface area contributed by atoms with Gasteiger partial charge in [-0.05, 0) is 6.07 Å². The van der Waals surface area contributed by atoms with E-state index in [-0.39, 0.29) is 13.0 Å². The average molecular weight is 242 g/mol. The fourth-order valence-electron chi connectivity index (χ4n) is 2.24. The highest BCUT2D eigenvalue weighted by Crippen LogP contribution is 2.42. The van der Waals surface area contributed by atoms with E-state index >= 15 is 0 Å². The predicted octanol–water partition coefficient (Wildman–Crippen LogP) is 2.45. The molecule has 3 nitrogen and oxygen atoms in total. The Hall–Kier alpha value is -1.65. The van der Waals surface area contributed by atoms with Crippen LogP contribution < -0.4 is 4.74 Å². The van der Waals surface area contributed by atoms with Crippen molar-refractivity contribution in [2.75, 3.05) is 6.61 Å². The fourth-order valence-corrected chi connectivity index (χ4v) is 2.24. The van der Waals surface area contributed by atoms with Crippen LogP contribution in [0.4, 0.5) is 8.78 Å². The number of carboxylic acids is 1. The molecule has 1 aliphatic heterocycles. The van der Waals surface area contributed by atoms with Gasteiger partial charge in [0.25, 0.3) is 0 Å². The lowest BCUT2D eigenvalue weighted by Crippen LogP contribution is -2.42. The normalized spacial score (nSPS) is 23.0. The predicted molar refractivity (Wildman–Crippen MR) is 56.5 cm³/mol. The summed E-state index contributed by atoms with van der Waals surface area (Å²) in [4.78, 5) is 11.4. The number of carboxylic acid groups (broad SMARTS) is 1. The maximum Gasteiger partial charge on any atom is 0.314 e. The lowest BCUT2D eigenvalue weighted by atomic mass is 9.73. The molecule has 92 valence electrons. The van der Waals surface area contributed by atoms with Gasteiger partial charge in [-0.1, -0.05) is 18.2 Å². The zero-order valence-corrected chi connectivity index (χ0v) is 9.03. The number of carbonyl (C=O) groups is 1. The molecule has 0 saturated carbocycles. The molecule has 5 heteroatoms. The Bertz CT molecular complexity index is 434. The average Bonchev–Trinajstić information content (AvgIpc) is 2.28. The summed E-state index contributed by atoms with van der Waals surface area (Å²) in [5, 5.41) is 9.30. The molecule has 17 heavy (non-hydrogen) atoms. The second kappa shape index (κ2) is 4.31. The summed E-state index contributed by atoms with van der Waals surface area (Å²) in [6.07, 6.45) is -3.26. The number of alkyl halides is 2. The van der Waals surface area contributed by atoms with Gasteiger partial charge in [0.1, 0.15) is 11.2 Å². The van der Waals surface area contributed by atoms with E-state index in [1.165, 1.54) is 0 Å². The van der Waals surface area contributed by atoms with Crippen molar-refractivity contribution in [2.24, 2.45) is 0 Å². The number of rotatable bonds is 3. The fraction of sp³-hybridized carbons (Fsp3) is 0.417. The summed E-state index contributed by atoms with van der Waals surface area (Å²) < 4.78 is 30.5. The van der Waals surface area contributed by atoms with E-state index in [0.717, 1.165) is 0 Å². The SMILES string of the molecule is O=C(O)C1(CC(F)F)CCOc2ccccc21. The molecule has 2 rings (SSSR count). The third kappa shape index (κ3) is 1.97. The Morgan fingerprint density at radius 1 is 1.47 bits per heavy atom. The first-order valence-electron chi connectivity index (χ1n) is 5.30. The monoisotopic (exact) mass is 242 g/mol. The molecule has 0 fully saturated rings. The number of fused-ring (bicyclic) bond motifs is 1. The smallest absolute Gasteiger partial charge is 0.314 e. The molecule has 0 spiro atoms. The molecule has 0 radical (unpaired) electrons. The van der Waals surface area contributed by atoms with Crippen LogP contribution in [0.1, 0.15) is 18.4 Å². The highest BCUT2D eigenvalue weighted by atomic mass is 19.3. The number of halogens is 2. The number of ether oxygens (including phenoxy) is 1. The maximum atomic E-state index is 12.6. The van der Waals surface area contributed by atoms with Crippen LogP contribution in [-0.4, -0.2) is 24.1 Å². The summed E-state index contributed by atoms with van der Waals surface area (Å²) in [7, 11) is 0. The van der Waals surface area contributed by atoms with E-state index in [4.69, 9.17) is 4.74 Å². The van der Waals surface area contributed by atoms with Crippen molar-refractivity contribution >= 4 is 5.97 Å². The van der Waals surface area contributed by atoms with E-state index in [9.17, 15) is 18.7 Å². The van der Waals surface area contributed by atoms with Crippen LogP contribution in [0.2, 0.25) is 0 Å². The molecule has 0 amide bonds. The Morgan fingerprint density at radius 3 is 2.82 bits per heavy atom. The molecule has 1 heterocycles. The molecule has 1 atom stereocenters. The summed E-state index contributed by atoms with van der Waals surface area (Å²) in [6, 6.07) is 6.48. The minimum atomic E-state index is -2.66. The topological polar surface area (TPSA) is 46.5 Å². The van der Waals surface area contributed by atoms with Gasteiger partial charge in [-0.2, -0.15) is 0 Å². The van der Waals surface area contributed by atoms with Crippen LogP contribution in [0.3, 0.4) is 0 Å². The zero-order valence-electron chi connectivity index (χ0n) is 9.03. The molecule has 1 aromatic rings. The van der Waals surface area contributed by atoms with E-state index in [1.807, 2.05) is 0 Å².